The number of rotatable bonds is 1. The number of terminal acetylenes is 1. The van der Waals surface area contributed by atoms with Crippen molar-refractivity contribution < 1.29 is 9.90 Å². The van der Waals surface area contributed by atoms with Crippen molar-refractivity contribution >= 4 is 5.97 Å². The van der Waals surface area contributed by atoms with Crippen LogP contribution in [0.3, 0.4) is 0 Å². The average molecular weight is 153 g/mol. The summed E-state index contributed by atoms with van der Waals surface area (Å²) in [4.78, 5) is 12.3. The summed E-state index contributed by atoms with van der Waals surface area (Å²) in [6.07, 6.45) is 6.66. The van der Waals surface area contributed by atoms with Crippen molar-refractivity contribution in [1.82, 2.24) is 4.90 Å². The van der Waals surface area contributed by atoms with Gasteiger partial charge >= 0.3 is 5.97 Å². The SMILES string of the molecule is C#C[C@H]1CC[C@@H](C(=O)O)N1C. The quantitative estimate of drug-likeness (QED) is 0.546. The molecule has 0 amide bonds. The van der Waals surface area contributed by atoms with Crippen LogP contribution in [-0.2, 0) is 4.79 Å². The minimum Gasteiger partial charge on any atom is -0.480 e. The van der Waals surface area contributed by atoms with Crippen LogP contribution < -0.4 is 0 Å². The molecule has 1 aliphatic rings. The predicted octanol–water partition coefficient (Wildman–Crippen LogP) is 0.167. The maximum atomic E-state index is 10.6. The van der Waals surface area contributed by atoms with Gasteiger partial charge in [0.1, 0.15) is 6.04 Å². The first-order valence-corrected chi connectivity index (χ1v) is 3.57. The van der Waals surface area contributed by atoms with E-state index in [4.69, 9.17) is 11.5 Å². The minimum absolute atomic E-state index is 0.0103. The molecule has 0 spiro atoms. The summed E-state index contributed by atoms with van der Waals surface area (Å²) in [5, 5.41) is 8.69. The highest BCUT2D eigenvalue weighted by molar-refractivity contribution is 5.74. The molecular weight excluding hydrogens is 142 g/mol. The molecule has 60 valence electrons. The van der Waals surface area contributed by atoms with Crippen LogP contribution in [-0.4, -0.2) is 35.1 Å². The van der Waals surface area contributed by atoms with E-state index in [0.29, 0.717) is 6.42 Å². The van der Waals surface area contributed by atoms with Gasteiger partial charge in [-0.15, -0.1) is 6.42 Å². The number of hydrogen-bond donors (Lipinski definition) is 1. The second-order valence-corrected chi connectivity index (χ2v) is 2.78. The third-order valence-corrected chi connectivity index (χ3v) is 2.17. The average Bonchev–Trinajstić information content (AvgIpc) is 2.30. The molecule has 1 heterocycles. The fraction of sp³-hybridized carbons (Fsp3) is 0.625. The number of carboxylic acid groups (broad SMARTS) is 1. The summed E-state index contributed by atoms with van der Waals surface area (Å²) >= 11 is 0. The summed E-state index contributed by atoms with van der Waals surface area (Å²) in [5.41, 5.74) is 0. The van der Waals surface area contributed by atoms with E-state index < -0.39 is 5.97 Å². The van der Waals surface area contributed by atoms with Gasteiger partial charge in [-0.2, -0.15) is 0 Å². The van der Waals surface area contributed by atoms with Crippen LogP contribution in [0, 0.1) is 12.3 Å². The van der Waals surface area contributed by atoms with Gasteiger partial charge in [-0.3, -0.25) is 9.69 Å². The van der Waals surface area contributed by atoms with Crippen molar-refractivity contribution in [2.45, 2.75) is 24.9 Å². The molecule has 1 aliphatic heterocycles. The van der Waals surface area contributed by atoms with Gasteiger partial charge in [0.25, 0.3) is 0 Å². The van der Waals surface area contributed by atoms with Crippen molar-refractivity contribution in [3.8, 4) is 12.3 Å². The van der Waals surface area contributed by atoms with Gasteiger partial charge in [0.2, 0.25) is 0 Å². The third kappa shape index (κ3) is 1.36. The molecule has 1 N–H and O–H groups in total. The molecule has 1 rings (SSSR count). The first kappa shape index (κ1) is 8.09. The Labute approximate surface area is 66.0 Å². The minimum atomic E-state index is -0.773. The van der Waals surface area contributed by atoms with Crippen molar-refractivity contribution in [2.75, 3.05) is 7.05 Å². The van der Waals surface area contributed by atoms with Crippen LogP contribution >= 0.6 is 0 Å². The largest absolute Gasteiger partial charge is 0.480 e. The third-order valence-electron chi connectivity index (χ3n) is 2.17. The molecule has 0 bridgehead atoms. The standard InChI is InChI=1S/C8H11NO2/c1-3-6-4-5-7(8(10)11)9(6)2/h1,6-7H,4-5H2,2H3,(H,10,11)/t6-,7-/m0/s1. The fourth-order valence-corrected chi connectivity index (χ4v) is 1.44. The molecule has 0 aromatic heterocycles. The lowest BCUT2D eigenvalue weighted by atomic mass is 10.2. The zero-order valence-electron chi connectivity index (χ0n) is 6.45. The summed E-state index contributed by atoms with van der Waals surface area (Å²) in [7, 11) is 1.76. The molecule has 0 saturated carbocycles. The topological polar surface area (TPSA) is 40.5 Å². The Bertz CT molecular complexity index is 207. The molecule has 2 atom stereocenters. The number of hydrogen-bond acceptors (Lipinski definition) is 2. The van der Waals surface area contributed by atoms with Gasteiger partial charge in [0.05, 0.1) is 6.04 Å². The van der Waals surface area contributed by atoms with Crippen LogP contribution in [0.5, 0.6) is 0 Å². The van der Waals surface area contributed by atoms with Crippen LogP contribution in [0.25, 0.3) is 0 Å². The molecule has 0 aliphatic carbocycles. The summed E-state index contributed by atoms with van der Waals surface area (Å²) in [6.45, 7) is 0. The van der Waals surface area contributed by atoms with E-state index in [0.717, 1.165) is 6.42 Å². The zero-order valence-corrected chi connectivity index (χ0v) is 6.45. The van der Waals surface area contributed by atoms with Crippen molar-refractivity contribution in [2.24, 2.45) is 0 Å². The Morgan fingerprint density at radius 1 is 1.73 bits per heavy atom. The van der Waals surface area contributed by atoms with Gasteiger partial charge in [-0.05, 0) is 19.9 Å². The van der Waals surface area contributed by atoms with Gasteiger partial charge in [0, 0.05) is 0 Å². The number of nitrogens with zero attached hydrogens (tertiary/aromatic N) is 1. The molecule has 0 aromatic rings. The summed E-state index contributed by atoms with van der Waals surface area (Å²) in [5.74, 6) is 1.79. The first-order valence-electron chi connectivity index (χ1n) is 3.57. The lowest BCUT2D eigenvalue weighted by molar-refractivity contribution is -0.141. The smallest absolute Gasteiger partial charge is 0.320 e. The van der Waals surface area contributed by atoms with E-state index in [1.807, 2.05) is 0 Å². The lowest BCUT2D eigenvalue weighted by Crippen LogP contribution is -2.36. The molecule has 0 radical (unpaired) electrons. The highest BCUT2D eigenvalue weighted by Gasteiger charge is 2.33. The first-order chi connectivity index (χ1) is 5.16. The Hall–Kier alpha value is -1.01. The van der Waals surface area contributed by atoms with E-state index >= 15 is 0 Å². The van der Waals surface area contributed by atoms with E-state index in [-0.39, 0.29) is 12.1 Å². The van der Waals surface area contributed by atoms with Gasteiger partial charge in [-0.1, -0.05) is 5.92 Å². The number of likely N-dealkylation sites (tertiary alicyclic amines) is 1. The van der Waals surface area contributed by atoms with Crippen molar-refractivity contribution in [1.29, 1.82) is 0 Å². The number of likely N-dealkylation sites (N-methyl/N-ethyl adjacent to an activating group) is 1. The number of carboxylic acids is 1. The second kappa shape index (κ2) is 2.93. The molecule has 3 nitrogen and oxygen atoms in total. The van der Waals surface area contributed by atoms with Crippen LogP contribution in [0.15, 0.2) is 0 Å². The lowest BCUT2D eigenvalue weighted by Gasteiger charge is -2.18. The molecule has 11 heavy (non-hydrogen) atoms. The Kier molecular flexibility index (Phi) is 2.16. The summed E-state index contributed by atoms with van der Waals surface area (Å²) in [6, 6.07) is -0.368. The van der Waals surface area contributed by atoms with Crippen LogP contribution in [0.4, 0.5) is 0 Å². The molecule has 0 aromatic carbocycles. The van der Waals surface area contributed by atoms with Crippen molar-refractivity contribution in [3.05, 3.63) is 0 Å². The van der Waals surface area contributed by atoms with E-state index in [2.05, 4.69) is 5.92 Å². The highest BCUT2D eigenvalue weighted by atomic mass is 16.4. The van der Waals surface area contributed by atoms with Gasteiger partial charge < -0.3 is 5.11 Å². The van der Waals surface area contributed by atoms with E-state index in [9.17, 15) is 4.79 Å². The number of aliphatic carboxylic acids is 1. The van der Waals surface area contributed by atoms with Gasteiger partial charge in [-0.25, -0.2) is 0 Å². The molecule has 3 heteroatoms. The monoisotopic (exact) mass is 153 g/mol. The zero-order chi connectivity index (χ0) is 8.43. The predicted molar refractivity (Wildman–Crippen MR) is 41.0 cm³/mol. The molecular formula is C8H11NO2. The van der Waals surface area contributed by atoms with Crippen LogP contribution in [0.2, 0.25) is 0 Å². The normalized spacial score (nSPS) is 31.6. The second-order valence-electron chi connectivity index (χ2n) is 2.78. The van der Waals surface area contributed by atoms with Gasteiger partial charge in [0.15, 0.2) is 0 Å². The molecule has 0 unspecified atom stereocenters. The van der Waals surface area contributed by atoms with E-state index in [1.54, 1.807) is 11.9 Å². The van der Waals surface area contributed by atoms with Crippen LogP contribution in [0.1, 0.15) is 12.8 Å². The van der Waals surface area contributed by atoms with E-state index in [1.165, 1.54) is 0 Å². The molecule has 1 fully saturated rings. The Morgan fingerprint density at radius 2 is 2.36 bits per heavy atom. The fourth-order valence-electron chi connectivity index (χ4n) is 1.44. The Morgan fingerprint density at radius 3 is 2.64 bits per heavy atom. The summed E-state index contributed by atoms with van der Waals surface area (Å²) < 4.78 is 0. The van der Waals surface area contributed by atoms with Crippen molar-refractivity contribution in [3.63, 3.8) is 0 Å². The maximum absolute atomic E-state index is 10.6. The molecule has 1 saturated heterocycles. The Balaban J connectivity index is 2.64. The highest BCUT2D eigenvalue weighted by Crippen LogP contribution is 2.21. The maximum Gasteiger partial charge on any atom is 0.320 e. The number of carbonyl (C=O) groups is 1.